The van der Waals surface area contributed by atoms with Crippen molar-refractivity contribution in [1.82, 2.24) is 0 Å². The molecule has 0 amide bonds. The van der Waals surface area contributed by atoms with E-state index in [4.69, 9.17) is 0 Å². The van der Waals surface area contributed by atoms with Gasteiger partial charge in [-0.25, -0.2) is 0 Å². The predicted octanol–water partition coefficient (Wildman–Crippen LogP) is 3.94. The van der Waals surface area contributed by atoms with E-state index in [1.54, 1.807) is 0 Å². The van der Waals surface area contributed by atoms with E-state index >= 15 is 0 Å². The molecule has 76 valence electrons. The highest BCUT2D eigenvalue weighted by Crippen LogP contribution is 2.31. The first-order valence-corrected chi connectivity index (χ1v) is 5.34. The maximum Gasteiger partial charge on any atom is 0.0708 e. The number of rotatable bonds is 1. The van der Waals surface area contributed by atoms with Gasteiger partial charge in [0.1, 0.15) is 0 Å². The molecule has 0 fully saturated rings. The fraction of sp³-hybridized carbons (Fsp3) is 0. The van der Waals surface area contributed by atoms with Gasteiger partial charge in [0.25, 0.3) is 0 Å². The minimum absolute atomic E-state index is 1.06. The Morgan fingerprint density at radius 1 is 0.812 bits per heavy atom. The van der Waals surface area contributed by atoms with Gasteiger partial charge in [-0.3, -0.25) is 4.99 Å². The number of para-hydroxylation sites is 1. The summed E-state index contributed by atoms with van der Waals surface area (Å²) in [6.07, 6.45) is 4.09. The fourth-order valence-corrected chi connectivity index (χ4v) is 1.88. The number of benzene rings is 2. The molecule has 0 aromatic heterocycles. The minimum atomic E-state index is 1.06. The number of fused-ring (bicyclic) bond motifs is 1. The lowest BCUT2D eigenvalue weighted by atomic mass is 10.0. The van der Waals surface area contributed by atoms with Crippen LogP contribution >= 0.6 is 0 Å². The average Bonchev–Trinajstić information content (AvgIpc) is 2.74. The fourth-order valence-electron chi connectivity index (χ4n) is 1.88. The van der Waals surface area contributed by atoms with Crippen molar-refractivity contribution in [2.45, 2.75) is 0 Å². The smallest absolute Gasteiger partial charge is 0.0708 e. The summed E-state index contributed by atoms with van der Waals surface area (Å²) in [7, 11) is 0. The van der Waals surface area contributed by atoms with E-state index in [2.05, 4.69) is 29.3 Å². The maximum absolute atomic E-state index is 4.38. The summed E-state index contributed by atoms with van der Waals surface area (Å²) < 4.78 is 0. The molecule has 0 radical (unpaired) electrons. The van der Waals surface area contributed by atoms with Crippen LogP contribution < -0.4 is 0 Å². The first-order valence-electron chi connectivity index (χ1n) is 5.34. The standard InChI is InChI=1S/C15H11N/c1-2-6-12(7-3-1)10-13-11-16-15-9-5-4-8-14(13)15/h1-11H. The van der Waals surface area contributed by atoms with Crippen LogP contribution in [-0.4, -0.2) is 6.21 Å². The molecule has 0 saturated carbocycles. The van der Waals surface area contributed by atoms with E-state index in [0.717, 1.165) is 5.69 Å². The van der Waals surface area contributed by atoms with Gasteiger partial charge < -0.3 is 0 Å². The van der Waals surface area contributed by atoms with Gasteiger partial charge in [-0.05, 0) is 17.7 Å². The van der Waals surface area contributed by atoms with Crippen molar-refractivity contribution >= 4 is 23.6 Å². The van der Waals surface area contributed by atoms with Gasteiger partial charge in [0.15, 0.2) is 0 Å². The number of allylic oxidation sites excluding steroid dienone is 1. The van der Waals surface area contributed by atoms with Gasteiger partial charge in [0, 0.05) is 17.4 Å². The quantitative estimate of drug-likeness (QED) is 0.668. The Labute approximate surface area is 94.8 Å². The second kappa shape index (κ2) is 3.78. The Hall–Kier alpha value is -2.15. The van der Waals surface area contributed by atoms with Crippen LogP contribution in [0.5, 0.6) is 0 Å². The molecule has 0 saturated heterocycles. The van der Waals surface area contributed by atoms with Crippen LogP contribution in [0.15, 0.2) is 59.6 Å². The lowest BCUT2D eigenvalue weighted by molar-refractivity contribution is 1.55. The summed E-state index contributed by atoms with van der Waals surface area (Å²) in [6.45, 7) is 0. The molecule has 0 atom stereocenters. The Morgan fingerprint density at radius 2 is 1.56 bits per heavy atom. The zero-order valence-corrected chi connectivity index (χ0v) is 8.80. The number of aliphatic imine (C=N–C) groups is 1. The maximum atomic E-state index is 4.38. The van der Waals surface area contributed by atoms with E-state index < -0.39 is 0 Å². The second-order valence-corrected chi connectivity index (χ2v) is 3.79. The largest absolute Gasteiger partial charge is 0.256 e. The molecule has 0 N–H and O–H groups in total. The first kappa shape index (κ1) is 9.10. The molecule has 1 heteroatoms. The number of hydrogen-bond acceptors (Lipinski definition) is 1. The molecule has 0 unspecified atom stereocenters. The van der Waals surface area contributed by atoms with Crippen molar-refractivity contribution in [2.75, 3.05) is 0 Å². The van der Waals surface area contributed by atoms with Crippen molar-refractivity contribution in [3.63, 3.8) is 0 Å². The van der Waals surface area contributed by atoms with Crippen molar-refractivity contribution in [2.24, 2.45) is 4.99 Å². The minimum Gasteiger partial charge on any atom is -0.256 e. The summed E-state index contributed by atoms with van der Waals surface area (Å²) >= 11 is 0. The Bertz CT molecular complexity index is 565. The van der Waals surface area contributed by atoms with E-state index in [9.17, 15) is 0 Å². The lowest BCUT2D eigenvalue weighted by Crippen LogP contribution is -1.79. The molecule has 2 aromatic carbocycles. The predicted molar refractivity (Wildman–Crippen MR) is 68.9 cm³/mol. The summed E-state index contributed by atoms with van der Waals surface area (Å²) in [6, 6.07) is 18.5. The molecule has 1 heterocycles. The third-order valence-electron chi connectivity index (χ3n) is 2.68. The first-order chi connectivity index (χ1) is 7.93. The Balaban J connectivity index is 2.06. The number of hydrogen-bond donors (Lipinski definition) is 0. The summed E-state index contributed by atoms with van der Waals surface area (Å²) in [5.41, 5.74) is 4.67. The third-order valence-corrected chi connectivity index (χ3v) is 2.68. The molecule has 2 aromatic rings. The zero-order chi connectivity index (χ0) is 10.8. The van der Waals surface area contributed by atoms with Gasteiger partial charge >= 0.3 is 0 Å². The average molecular weight is 205 g/mol. The highest BCUT2D eigenvalue weighted by molar-refractivity contribution is 6.21. The second-order valence-electron chi connectivity index (χ2n) is 3.79. The summed E-state index contributed by atoms with van der Waals surface area (Å²) in [5.74, 6) is 0. The van der Waals surface area contributed by atoms with E-state index in [0.29, 0.717) is 0 Å². The molecule has 0 aliphatic carbocycles. The van der Waals surface area contributed by atoms with Crippen LogP contribution in [-0.2, 0) is 0 Å². The molecular formula is C15H11N. The molecule has 0 spiro atoms. The van der Waals surface area contributed by atoms with Gasteiger partial charge in [0.2, 0.25) is 0 Å². The van der Waals surface area contributed by atoms with E-state index in [-0.39, 0.29) is 0 Å². The summed E-state index contributed by atoms with van der Waals surface area (Å²) in [5, 5.41) is 0. The molecule has 0 bridgehead atoms. The lowest BCUT2D eigenvalue weighted by Gasteiger charge is -1.98. The van der Waals surface area contributed by atoms with Crippen LogP contribution in [0.3, 0.4) is 0 Å². The van der Waals surface area contributed by atoms with Crippen LogP contribution in [0.25, 0.3) is 11.6 Å². The molecule has 1 aliphatic rings. The Morgan fingerprint density at radius 3 is 2.44 bits per heavy atom. The zero-order valence-electron chi connectivity index (χ0n) is 8.80. The van der Waals surface area contributed by atoms with E-state index in [1.165, 1.54) is 16.7 Å². The van der Waals surface area contributed by atoms with Crippen molar-refractivity contribution in [3.05, 3.63) is 65.7 Å². The monoisotopic (exact) mass is 205 g/mol. The van der Waals surface area contributed by atoms with Gasteiger partial charge in [0.05, 0.1) is 5.69 Å². The SMILES string of the molecule is C1=Nc2ccccc2C1=Cc1ccccc1. The van der Waals surface area contributed by atoms with Crippen LogP contribution in [0, 0.1) is 0 Å². The Kier molecular flexibility index (Phi) is 2.15. The molecule has 3 rings (SSSR count). The van der Waals surface area contributed by atoms with Crippen molar-refractivity contribution in [3.8, 4) is 0 Å². The highest BCUT2D eigenvalue weighted by Gasteiger charge is 2.10. The molecular weight excluding hydrogens is 194 g/mol. The molecule has 1 aliphatic heterocycles. The number of nitrogens with zero attached hydrogens (tertiary/aromatic N) is 1. The van der Waals surface area contributed by atoms with Gasteiger partial charge in [-0.15, -0.1) is 0 Å². The van der Waals surface area contributed by atoms with Crippen LogP contribution in [0.2, 0.25) is 0 Å². The third kappa shape index (κ3) is 1.57. The van der Waals surface area contributed by atoms with Crippen LogP contribution in [0.4, 0.5) is 5.69 Å². The summed E-state index contributed by atoms with van der Waals surface area (Å²) in [4.78, 5) is 4.38. The topological polar surface area (TPSA) is 12.4 Å². The molecule has 1 nitrogen and oxygen atoms in total. The normalized spacial score (nSPS) is 15.4. The van der Waals surface area contributed by atoms with Crippen molar-refractivity contribution < 1.29 is 0 Å². The van der Waals surface area contributed by atoms with Gasteiger partial charge in [-0.1, -0.05) is 48.5 Å². The van der Waals surface area contributed by atoms with Crippen molar-refractivity contribution in [1.29, 1.82) is 0 Å². The highest BCUT2D eigenvalue weighted by atomic mass is 14.7. The van der Waals surface area contributed by atoms with Crippen LogP contribution in [0.1, 0.15) is 11.1 Å². The molecule has 16 heavy (non-hydrogen) atoms. The van der Waals surface area contributed by atoms with Gasteiger partial charge in [-0.2, -0.15) is 0 Å². The van der Waals surface area contributed by atoms with E-state index in [1.807, 2.05) is 42.6 Å².